The fourth-order valence-corrected chi connectivity index (χ4v) is 4.54. The van der Waals surface area contributed by atoms with Crippen LogP contribution in [0.4, 0.5) is 23.5 Å². The van der Waals surface area contributed by atoms with E-state index in [1.165, 1.54) is 0 Å². The predicted octanol–water partition coefficient (Wildman–Crippen LogP) is 3.49. The molecule has 1 heterocycles. The number of aromatic nitrogens is 3. The van der Waals surface area contributed by atoms with Crippen LogP contribution in [0, 0.1) is 0 Å². The largest absolute Gasteiger partial charge is 0.379 e. The number of nitrogens with two attached hydrogens (primary N) is 1. The minimum Gasteiger partial charge on any atom is -0.379 e. The van der Waals surface area contributed by atoms with Crippen molar-refractivity contribution < 1.29 is 28.5 Å². The van der Waals surface area contributed by atoms with E-state index in [9.17, 15) is 9.59 Å². The lowest BCUT2D eigenvalue weighted by Crippen LogP contribution is -2.27. The van der Waals surface area contributed by atoms with Crippen molar-refractivity contribution in [3.05, 3.63) is 76.2 Å². The van der Waals surface area contributed by atoms with Crippen LogP contribution in [0.1, 0.15) is 46.4 Å². The number of azide groups is 1. The second-order valence-electron chi connectivity index (χ2n) is 11.3. The van der Waals surface area contributed by atoms with Gasteiger partial charge in [-0.25, -0.2) is 0 Å². The summed E-state index contributed by atoms with van der Waals surface area (Å²) >= 11 is 0. The first kappa shape index (κ1) is 42.3. The number of nitrogens with one attached hydrogen (secondary N) is 5. The van der Waals surface area contributed by atoms with Crippen LogP contribution in [0.2, 0.25) is 0 Å². The lowest BCUT2D eigenvalue weighted by molar-refractivity contribution is 0.0511. The number of anilines is 4. The van der Waals surface area contributed by atoms with Crippen molar-refractivity contribution in [2.75, 3.05) is 108 Å². The normalized spacial score (nSPS) is 10.7. The Bertz CT molecular complexity index is 1500. The van der Waals surface area contributed by atoms with Crippen molar-refractivity contribution in [1.29, 1.82) is 0 Å². The van der Waals surface area contributed by atoms with E-state index in [0.717, 1.165) is 25.7 Å². The molecule has 0 aliphatic heterocycles. The summed E-state index contributed by atoms with van der Waals surface area (Å²) in [5.74, 6) is 0.775. The van der Waals surface area contributed by atoms with Gasteiger partial charge in [-0.3, -0.25) is 9.59 Å². The smallest absolute Gasteiger partial charge is 0.251 e. The van der Waals surface area contributed by atoms with Gasteiger partial charge in [-0.2, -0.15) is 15.0 Å². The molecule has 53 heavy (non-hydrogen) atoms. The second-order valence-corrected chi connectivity index (χ2v) is 11.3. The molecule has 0 spiro atoms. The zero-order valence-corrected chi connectivity index (χ0v) is 30.1. The molecule has 0 radical (unpaired) electrons. The van der Waals surface area contributed by atoms with Crippen LogP contribution in [-0.4, -0.2) is 119 Å². The van der Waals surface area contributed by atoms with Crippen molar-refractivity contribution in [1.82, 2.24) is 25.6 Å². The van der Waals surface area contributed by atoms with E-state index < -0.39 is 0 Å². The monoisotopic (exact) mass is 736 g/mol. The highest BCUT2D eigenvalue weighted by atomic mass is 16.5. The van der Waals surface area contributed by atoms with E-state index in [4.69, 9.17) is 30.2 Å². The Labute approximate surface area is 310 Å². The van der Waals surface area contributed by atoms with Gasteiger partial charge < -0.3 is 51.3 Å². The number of carbonyl (C=O) groups is 2. The average molecular weight is 737 g/mol. The maximum Gasteiger partial charge on any atom is 0.251 e. The lowest BCUT2D eigenvalue weighted by atomic mass is 10.2. The highest BCUT2D eigenvalue weighted by Gasteiger charge is 2.09. The van der Waals surface area contributed by atoms with Gasteiger partial charge in [0.1, 0.15) is 0 Å². The minimum atomic E-state index is -0.225. The molecular formula is C35H52N12O6. The SMILES string of the molecule is [N-]=[N+]=NCCOCCOCCNC(=O)c1ccc(Nc2nc(NCCCCCCN)nc(NCCOCCOCCNC(=O)c3ccccc3)n2)cc1. The summed E-state index contributed by atoms with van der Waals surface area (Å²) in [6.45, 7) is 5.88. The molecule has 3 rings (SSSR count). The van der Waals surface area contributed by atoms with Crippen LogP contribution in [0.15, 0.2) is 59.7 Å². The maximum atomic E-state index is 12.6. The Morgan fingerprint density at radius 1 is 0.623 bits per heavy atom. The molecular weight excluding hydrogens is 684 g/mol. The van der Waals surface area contributed by atoms with Crippen LogP contribution < -0.4 is 32.3 Å². The van der Waals surface area contributed by atoms with Gasteiger partial charge in [0, 0.05) is 54.4 Å². The third kappa shape index (κ3) is 19.4. The highest BCUT2D eigenvalue weighted by molar-refractivity contribution is 5.94. The van der Waals surface area contributed by atoms with Crippen molar-refractivity contribution in [2.45, 2.75) is 25.7 Å². The number of carbonyl (C=O) groups excluding carboxylic acids is 2. The molecule has 0 fully saturated rings. The Kier molecular flexibility index (Phi) is 22.0. The number of rotatable bonds is 30. The molecule has 18 heteroatoms. The van der Waals surface area contributed by atoms with Gasteiger partial charge >= 0.3 is 0 Å². The molecule has 18 nitrogen and oxygen atoms in total. The lowest BCUT2D eigenvalue weighted by Gasteiger charge is -2.12. The highest BCUT2D eigenvalue weighted by Crippen LogP contribution is 2.17. The maximum absolute atomic E-state index is 12.6. The van der Waals surface area contributed by atoms with Crippen molar-refractivity contribution in [3.63, 3.8) is 0 Å². The van der Waals surface area contributed by atoms with Crippen LogP contribution in [0.5, 0.6) is 0 Å². The summed E-state index contributed by atoms with van der Waals surface area (Å²) in [6.07, 6.45) is 4.09. The van der Waals surface area contributed by atoms with E-state index >= 15 is 0 Å². The Morgan fingerprint density at radius 3 is 1.75 bits per heavy atom. The molecule has 2 amide bonds. The van der Waals surface area contributed by atoms with Gasteiger partial charge in [-0.15, -0.1) is 0 Å². The standard InChI is InChI=1S/C35H52N12O6/c36-14-6-1-2-7-15-40-33-44-34(41-18-22-52-25-24-50-20-16-38-31(48)28-8-4-3-5-9-28)46-35(45-33)43-30-12-10-29(11-13-30)32(49)39-17-21-51-26-27-53-23-19-42-47-37/h3-5,8-13H,1-2,6-7,14-27,36H2,(H,38,48)(H,39,49)(H3,40,41,43,44,45,46). The summed E-state index contributed by atoms with van der Waals surface area (Å²) < 4.78 is 21.9. The third-order valence-corrected chi connectivity index (χ3v) is 7.22. The number of nitrogens with zero attached hydrogens (tertiary/aromatic N) is 6. The van der Waals surface area contributed by atoms with Gasteiger partial charge in [0.2, 0.25) is 17.8 Å². The summed E-state index contributed by atoms with van der Waals surface area (Å²) in [7, 11) is 0. The van der Waals surface area contributed by atoms with Gasteiger partial charge in [0.25, 0.3) is 11.8 Å². The van der Waals surface area contributed by atoms with Crippen molar-refractivity contribution >= 4 is 35.3 Å². The quantitative estimate of drug-likeness (QED) is 0.0249. The van der Waals surface area contributed by atoms with Crippen molar-refractivity contribution in [3.8, 4) is 0 Å². The Balaban J connectivity index is 1.39. The van der Waals surface area contributed by atoms with E-state index in [2.05, 4.69) is 51.6 Å². The second kappa shape index (κ2) is 27.5. The fourth-order valence-electron chi connectivity index (χ4n) is 4.54. The zero-order valence-electron chi connectivity index (χ0n) is 30.1. The van der Waals surface area contributed by atoms with E-state index in [1.54, 1.807) is 36.4 Å². The Morgan fingerprint density at radius 2 is 1.15 bits per heavy atom. The topological polar surface area (TPSA) is 245 Å². The summed E-state index contributed by atoms with van der Waals surface area (Å²) in [6, 6.07) is 16.0. The average Bonchev–Trinajstić information content (AvgIpc) is 3.18. The molecule has 0 saturated heterocycles. The van der Waals surface area contributed by atoms with Gasteiger partial charge in [-0.05, 0) is 61.3 Å². The van der Waals surface area contributed by atoms with Crippen LogP contribution >= 0.6 is 0 Å². The summed E-state index contributed by atoms with van der Waals surface area (Å²) in [4.78, 5) is 40.9. The minimum absolute atomic E-state index is 0.133. The van der Waals surface area contributed by atoms with Gasteiger partial charge in [0.05, 0.1) is 52.9 Å². The Hall–Kier alpha value is -5.10. The van der Waals surface area contributed by atoms with E-state index in [0.29, 0.717) is 120 Å². The molecule has 7 N–H and O–H groups in total. The van der Waals surface area contributed by atoms with E-state index in [1.807, 2.05) is 18.2 Å². The molecule has 0 atom stereocenters. The van der Waals surface area contributed by atoms with Crippen LogP contribution in [-0.2, 0) is 18.9 Å². The molecule has 0 aliphatic rings. The number of hydrogen-bond acceptors (Lipinski definition) is 14. The van der Waals surface area contributed by atoms with Gasteiger partial charge in [0.15, 0.2) is 0 Å². The number of hydrogen-bond donors (Lipinski definition) is 6. The molecule has 1 aromatic heterocycles. The first-order valence-electron chi connectivity index (χ1n) is 17.8. The summed E-state index contributed by atoms with van der Waals surface area (Å²) in [5, 5.41) is 18.7. The molecule has 0 bridgehead atoms. The van der Waals surface area contributed by atoms with Crippen LogP contribution in [0.25, 0.3) is 10.4 Å². The first-order valence-corrected chi connectivity index (χ1v) is 17.8. The third-order valence-electron chi connectivity index (χ3n) is 7.22. The van der Waals surface area contributed by atoms with Crippen LogP contribution in [0.3, 0.4) is 0 Å². The van der Waals surface area contributed by atoms with Crippen molar-refractivity contribution in [2.24, 2.45) is 10.8 Å². The summed E-state index contributed by atoms with van der Waals surface area (Å²) in [5.41, 5.74) is 15.6. The number of ether oxygens (including phenoxy) is 4. The fraction of sp³-hybridized carbons (Fsp3) is 0.514. The van der Waals surface area contributed by atoms with E-state index in [-0.39, 0.29) is 18.4 Å². The number of amides is 2. The predicted molar refractivity (Wildman–Crippen MR) is 202 cm³/mol. The molecule has 2 aromatic carbocycles. The zero-order chi connectivity index (χ0) is 37.6. The number of unbranched alkanes of at least 4 members (excludes halogenated alkanes) is 3. The molecule has 0 unspecified atom stereocenters. The molecule has 288 valence electrons. The molecule has 0 saturated carbocycles. The number of benzene rings is 2. The molecule has 0 aliphatic carbocycles. The van der Waals surface area contributed by atoms with Gasteiger partial charge in [-0.1, -0.05) is 36.2 Å². The first-order chi connectivity index (χ1) is 26.1. The molecule has 3 aromatic rings.